The predicted octanol–water partition coefficient (Wildman–Crippen LogP) is 17.0. The molecule has 0 N–H and O–H groups in total. The standard InChI is InChI=1S/C64H52Br4O8/c65-53-57-45-29-47-42(26-22-38-15-7-2-8-16-38)49-31-51-44(28-24-40-19-11-4-12-20-40)52-32-50-43(27-23-39-17-9-3-10-18-39)48-30-46(41(45)25-21-37-13-5-1-6-14-37)58(70-33-69-57)54(66)60(48)72-35-74-62(50)56(68)64(52)76-36-75-63(51)55(67)61(49)73-34-71-59(47)53/h1-20,29-32,41-44H,21-28,33-36H2. The van der Waals surface area contributed by atoms with E-state index in [1.807, 2.05) is 0 Å². The molecule has 0 saturated heterocycles. The Hall–Kier alpha value is -5.92. The molecule has 76 heavy (non-hydrogen) atoms. The molecule has 0 atom stereocenters. The van der Waals surface area contributed by atoms with Crippen LogP contribution in [0.5, 0.6) is 46.0 Å². The minimum Gasteiger partial charge on any atom is -0.456 e. The van der Waals surface area contributed by atoms with Gasteiger partial charge in [-0.25, -0.2) is 0 Å². The third-order valence-corrected chi connectivity index (χ3v) is 18.7. The molecule has 8 nitrogen and oxygen atoms in total. The second-order valence-electron chi connectivity index (χ2n) is 20.0. The van der Waals surface area contributed by atoms with Crippen LogP contribution in [0, 0.1) is 0 Å². The number of halogens is 4. The number of ether oxygens (including phenoxy) is 8. The third kappa shape index (κ3) is 9.24. The summed E-state index contributed by atoms with van der Waals surface area (Å²) < 4.78 is 57.6. The van der Waals surface area contributed by atoms with Crippen LogP contribution in [0.4, 0.5) is 0 Å². The van der Waals surface area contributed by atoms with Gasteiger partial charge < -0.3 is 37.9 Å². The quantitative estimate of drug-likeness (QED) is 0.120. The zero-order valence-corrected chi connectivity index (χ0v) is 47.8. The van der Waals surface area contributed by atoms with Crippen LogP contribution in [0.15, 0.2) is 163 Å². The van der Waals surface area contributed by atoms with E-state index < -0.39 is 0 Å². The maximum Gasteiger partial charge on any atom is 0.231 e. The van der Waals surface area contributed by atoms with Crippen molar-refractivity contribution >= 4 is 63.7 Å². The SMILES string of the molecule is Brc1c2c3cc4c1OCOc1c(cc5c(c1Br)OCOc1c(cc6c(c1Br)OCOc1c(cc(c(c1Br)OCO2)C3CCc1ccccc1)C6CCc1ccccc1)C5CCc1ccccc1)C4CCc1ccccc1. The summed E-state index contributed by atoms with van der Waals surface area (Å²) in [7, 11) is 0. The van der Waals surface area contributed by atoms with Gasteiger partial charge >= 0.3 is 0 Å². The molecule has 5 aliphatic rings. The lowest BCUT2D eigenvalue weighted by atomic mass is 9.76. The summed E-state index contributed by atoms with van der Waals surface area (Å²) in [5.41, 5.74) is 13.3. The molecule has 13 rings (SSSR count). The highest BCUT2D eigenvalue weighted by Crippen LogP contribution is 2.60. The molecule has 1 aliphatic carbocycles. The van der Waals surface area contributed by atoms with Gasteiger partial charge in [0.05, 0.1) is 0 Å². The average Bonchev–Trinajstić information content (AvgIpc) is 3.51. The zero-order valence-electron chi connectivity index (χ0n) is 41.4. The highest BCUT2D eigenvalue weighted by Gasteiger charge is 2.41. The van der Waals surface area contributed by atoms with Crippen molar-refractivity contribution in [3.8, 4) is 46.0 Å². The van der Waals surface area contributed by atoms with Crippen LogP contribution in [0.3, 0.4) is 0 Å². The topological polar surface area (TPSA) is 73.8 Å². The molecule has 0 spiro atoms. The Bertz CT molecular complexity index is 2890. The summed E-state index contributed by atoms with van der Waals surface area (Å²) in [6.07, 6.45) is 6.16. The van der Waals surface area contributed by atoms with Crippen molar-refractivity contribution in [1.29, 1.82) is 0 Å². The van der Waals surface area contributed by atoms with Crippen molar-refractivity contribution in [3.63, 3.8) is 0 Å². The van der Waals surface area contributed by atoms with E-state index in [9.17, 15) is 0 Å². The van der Waals surface area contributed by atoms with E-state index in [0.717, 1.165) is 114 Å². The molecule has 12 heteroatoms. The van der Waals surface area contributed by atoms with Crippen LogP contribution in [0.2, 0.25) is 0 Å². The molecule has 0 amide bonds. The van der Waals surface area contributed by atoms with E-state index in [1.54, 1.807) is 0 Å². The first-order valence-corrected chi connectivity index (χ1v) is 29.2. The Morgan fingerprint density at radius 1 is 0.263 bits per heavy atom. The highest BCUT2D eigenvalue weighted by molar-refractivity contribution is 9.11. The molecule has 8 aromatic carbocycles. The fourth-order valence-electron chi connectivity index (χ4n) is 12.2. The molecule has 8 aromatic rings. The number of rotatable bonds is 12. The molecule has 4 heterocycles. The Kier molecular flexibility index (Phi) is 14.0. The van der Waals surface area contributed by atoms with Crippen LogP contribution in [0.1, 0.15) is 116 Å². The first kappa shape index (κ1) is 49.6. The normalized spacial score (nSPS) is 18.3. The largest absolute Gasteiger partial charge is 0.456 e. The zero-order chi connectivity index (χ0) is 51.3. The van der Waals surface area contributed by atoms with E-state index in [0.29, 0.717) is 46.0 Å². The monoisotopic (exact) mass is 1260 g/mol. The van der Waals surface area contributed by atoms with Crippen molar-refractivity contribution in [2.75, 3.05) is 27.2 Å². The summed E-state index contributed by atoms with van der Waals surface area (Å²) in [4.78, 5) is 0. The van der Waals surface area contributed by atoms with Gasteiger partial charge in [0.1, 0.15) is 63.9 Å². The summed E-state index contributed by atoms with van der Waals surface area (Å²) in [6.45, 7) is -0.237. The molecular formula is C64H52Br4O8. The second kappa shape index (κ2) is 21.5. The van der Waals surface area contributed by atoms with Gasteiger partial charge in [0.15, 0.2) is 0 Å². The number of benzene rings is 8. The van der Waals surface area contributed by atoms with Gasteiger partial charge in [-0.15, -0.1) is 0 Å². The molecule has 0 fully saturated rings. The van der Waals surface area contributed by atoms with Gasteiger partial charge in [-0.1, -0.05) is 121 Å². The first-order chi connectivity index (χ1) is 37.4. The molecule has 0 radical (unpaired) electrons. The molecule has 384 valence electrons. The number of hydrogen-bond acceptors (Lipinski definition) is 8. The van der Waals surface area contributed by atoms with Crippen LogP contribution in [-0.2, 0) is 25.7 Å². The van der Waals surface area contributed by atoms with E-state index >= 15 is 0 Å². The van der Waals surface area contributed by atoms with Gasteiger partial charge in [0, 0.05) is 68.2 Å². The van der Waals surface area contributed by atoms with Gasteiger partial charge in [-0.3, -0.25) is 0 Å². The smallest absolute Gasteiger partial charge is 0.231 e. The van der Waals surface area contributed by atoms with Gasteiger partial charge in [-0.2, -0.15) is 0 Å². The van der Waals surface area contributed by atoms with Gasteiger partial charge in [-0.05, 0) is 162 Å². The van der Waals surface area contributed by atoms with E-state index in [2.05, 4.69) is 209 Å². The average molecular weight is 1270 g/mol. The summed E-state index contributed by atoms with van der Waals surface area (Å²) >= 11 is 16.6. The Morgan fingerprint density at radius 3 is 0.605 bits per heavy atom. The second-order valence-corrected chi connectivity index (χ2v) is 23.2. The fourth-order valence-corrected chi connectivity index (χ4v) is 14.9. The minimum absolute atomic E-state index is 0.0593. The predicted molar refractivity (Wildman–Crippen MR) is 307 cm³/mol. The molecule has 0 aromatic heterocycles. The fraction of sp³-hybridized carbons (Fsp3) is 0.250. The Morgan fingerprint density at radius 2 is 0.434 bits per heavy atom. The van der Waals surface area contributed by atoms with Crippen LogP contribution in [-0.4, -0.2) is 27.2 Å². The Labute approximate surface area is 476 Å². The van der Waals surface area contributed by atoms with Crippen LogP contribution < -0.4 is 37.9 Å². The van der Waals surface area contributed by atoms with E-state index in [-0.39, 0.29) is 50.8 Å². The molecular weight excluding hydrogens is 1220 g/mol. The Balaban J connectivity index is 1.14. The van der Waals surface area contributed by atoms with Crippen molar-refractivity contribution in [2.45, 2.75) is 75.0 Å². The van der Waals surface area contributed by atoms with Gasteiger partial charge in [0.25, 0.3) is 0 Å². The maximum absolute atomic E-state index is 6.84. The molecule has 0 saturated carbocycles. The number of hydrogen-bond donors (Lipinski definition) is 0. The summed E-state index contributed by atoms with van der Waals surface area (Å²) in [5, 5.41) is 0. The van der Waals surface area contributed by atoms with Crippen molar-refractivity contribution < 1.29 is 37.9 Å². The van der Waals surface area contributed by atoms with E-state index in [1.165, 1.54) is 22.3 Å². The van der Waals surface area contributed by atoms with Crippen molar-refractivity contribution in [2.24, 2.45) is 0 Å². The molecule has 4 aliphatic heterocycles. The summed E-state index contributed by atoms with van der Waals surface area (Å²) in [5.74, 6) is 4.54. The lowest BCUT2D eigenvalue weighted by molar-refractivity contribution is 0.0955. The molecule has 8 bridgehead atoms. The van der Waals surface area contributed by atoms with E-state index in [4.69, 9.17) is 37.9 Å². The summed E-state index contributed by atoms with van der Waals surface area (Å²) in [6, 6.07) is 52.4. The maximum atomic E-state index is 6.84. The minimum atomic E-state index is -0.224. The first-order valence-electron chi connectivity index (χ1n) is 26.0. The van der Waals surface area contributed by atoms with Gasteiger partial charge in [0.2, 0.25) is 27.2 Å². The lowest BCUT2D eigenvalue weighted by Crippen LogP contribution is -2.24. The molecule has 0 unspecified atom stereocenters. The van der Waals surface area contributed by atoms with Crippen LogP contribution >= 0.6 is 63.7 Å². The lowest BCUT2D eigenvalue weighted by Gasteiger charge is -2.36. The third-order valence-electron chi connectivity index (χ3n) is 15.8. The number of aryl methyl sites for hydroxylation is 4. The van der Waals surface area contributed by atoms with Crippen LogP contribution in [0.25, 0.3) is 0 Å². The highest BCUT2D eigenvalue weighted by atomic mass is 79.9. The van der Waals surface area contributed by atoms with Crippen molar-refractivity contribution in [3.05, 3.63) is 230 Å². The van der Waals surface area contributed by atoms with Crippen molar-refractivity contribution in [1.82, 2.24) is 0 Å².